The van der Waals surface area contributed by atoms with Gasteiger partial charge in [0.1, 0.15) is 0 Å². The number of aryl methyl sites for hydroxylation is 1. The molecule has 152 valence electrons. The summed E-state index contributed by atoms with van der Waals surface area (Å²) in [7, 11) is 3.57. The number of alkyl halides is 3. The van der Waals surface area contributed by atoms with Crippen LogP contribution in [0.3, 0.4) is 0 Å². The number of nitrogens with zero attached hydrogens (tertiary/aromatic N) is 3. The SMILES string of the molecule is CN=C(NCCc1cnn(C)c1)NCC1(c2cccc(C(F)(F)F)c2)CCC1. The van der Waals surface area contributed by atoms with Crippen molar-refractivity contribution in [3.63, 3.8) is 0 Å². The molecule has 1 aromatic heterocycles. The molecule has 1 aliphatic rings. The molecule has 0 radical (unpaired) electrons. The summed E-state index contributed by atoms with van der Waals surface area (Å²) in [5.74, 6) is 0.655. The molecule has 2 N–H and O–H groups in total. The van der Waals surface area contributed by atoms with Gasteiger partial charge in [-0.25, -0.2) is 0 Å². The van der Waals surface area contributed by atoms with Crippen LogP contribution >= 0.6 is 0 Å². The highest BCUT2D eigenvalue weighted by molar-refractivity contribution is 5.79. The number of hydrogen-bond acceptors (Lipinski definition) is 2. The van der Waals surface area contributed by atoms with E-state index in [1.54, 1.807) is 17.8 Å². The van der Waals surface area contributed by atoms with Gasteiger partial charge in [-0.05, 0) is 36.5 Å². The smallest absolute Gasteiger partial charge is 0.356 e. The summed E-state index contributed by atoms with van der Waals surface area (Å²) in [5.41, 5.74) is 1.01. The van der Waals surface area contributed by atoms with Gasteiger partial charge in [0.15, 0.2) is 5.96 Å². The predicted molar refractivity (Wildman–Crippen MR) is 103 cm³/mol. The lowest BCUT2D eigenvalue weighted by Gasteiger charge is -2.43. The van der Waals surface area contributed by atoms with Gasteiger partial charge >= 0.3 is 6.18 Å². The van der Waals surface area contributed by atoms with E-state index < -0.39 is 11.7 Å². The van der Waals surface area contributed by atoms with E-state index in [1.165, 1.54) is 12.1 Å². The van der Waals surface area contributed by atoms with Crippen molar-refractivity contribution in [2.75, 3.05) is 20.1 Å². The van der Waals surface area contributed by atoms with Crippen molar-refractivity contribution in [3.05, 3.63) is 53.3 Å². The van der Waals surface area contributed by atoms with E-state index in [1.807, 2.05) is 19.4 Å². The van der Waals surface area contributed by atoms with Crippen molar-refractivity contribution in [2.45, 2.75) is 37.3 Å². The minimum Gasteiger partial charge on any atom is -0.356 e. The Morgan fingerprint density at radius 3 is 2.64 bits per heavy atom. The van der Waals surface area contributed by atoms with Crippen LogP contribution in [0.5, 0.6) is 0 Å². The number of rotatable bonds is 6. The van der Waals surface area contributed by atoms with Crippen LogP contribution in [0.4, 0.5) is 13.2 Å². The summed E-state index contributed by atoms with van der Waals surface area (Å²) in [5, 5.41) is 10.7. The number of guanidine groups is 1. The fourth-order valence-electron chi connectivity index (χ4n) is 3.60. The fourth-order valence-corrected chi connectivity index (χ4v) is 3.60. The molecule has 5 nitrogen and oxygen atoms in total. The van der Waals surface area contributed by atoms with Crippen LogP contribution in [0.2, 0.25) is 0 Å². The first-order valence-corrected chi connectivity index (χ1v) is 9.42. The summed E-state index contributed by atoms with van der Waals surface area (Å²) in [6.07, 6.45) is 3.04. The Morgan fingerprint density at radius 2 is 2.07 bits per heavy atom. The van der Waals surface area contributed by atoms with Gasteiger partial charge in [0.05, 0.1) is 11.8 Å². The van der Waals surface area contributed by atoms with Gasteiger partial charge in [-0.3, -0.25) is 9.67 Å². The second-order valence-corrected chi connectivity index (χ2v) is 7.34. The zero-order valence-corrected chi connectivity index (χ0v) is 16.2. The van der Waals surface area contributed by atoms with Gasteiger partial charge in [0, 0.05) is 38.8 Å². The van der Waals surface area contributed by atoms with Gasteiger partial charge in [-0.15, -0.1) is 0 Å². The highest BCUT2D eigenvalue weighted by Crippen LogP contribution is 2.44. The number of aliphatic imine (C=N–C) groups is 1. The van der Waals surface area contributed by atoms with Gasteiger partial charge in [-0.1, -0.05) is 24.6 Å². The molecule has 0 unspecified atom stereocenters. The van der Waals surface area contributed by atoms with Crippen LogP contribution in [-0.2, 0) is 25.1 Å². The average molecular weight is 393 g/mol. The van der Waals surface area contributed by atoms with Crippen LogP contribution in [0, 0.1) is 0 Å². The molecule has 0 atom stereocenters. The Balaban J connectivity index is 1.59. The third kappa shape index (κ3) is 4.66. The lowest BCUT2D eigenvalue weighted by Crippen LogP contribution is -2.49. The number of benzene rings is 1. The molecule has 3 rings (SSSR count). The van der Waals surface area contributed by atoms with Crippen molar-refractivity contribution < 1.29 is 13.2 Å². The van der Waals surface area contributed by atoms with Crippen LogP contribution in [-0.4, -0.2) is 35.9 Å². The summed E-state index contributed by atoms with van der Waals surface area (Å²) in [4.78, 5) is 4.23. The van der Waals surface area contributed by atoms with Crippen LogP contribution in [0.1, 0.15) is 36.0 Å². The Kier molecular flexibility index (Phi) is 5.96. The molecule has 28 heavy (non-hydrogen) atoms. The van der Waals surface area contributed by atoms with E-state index >= 15 is 0 Å². The van der Waals surface area contributed by atoms with E-state index in [9.17, 15) is 13.2 Å². The monoisotopic (exact) mass is 393 g/mol. The molecule has 0 aliphatic heterocycles. The molecule has 1 saturated carbocycles. The van der Waals surface area contributed by atoms with E-state index in [4.69, 9.17) is 0 Å². The van der Waals surface area contributed by atoms with E-state index in [-0.39, 0.29) is 5.41 Å². The molecule has 0 amide bonds. The van der Waals surface area contributed by atoms with E-state index in [2.05, 4.69) is 20.7 Å². The molecule has 8 heteroatoms. The third-order valence-electron chi connectivity index (χ3n) is 5.40. The van der Waals surface area contributed by atoms with Gasteiger partial charge in [0.25, 0.3) is 0 Å². The number of hydrogen-bond donors (Lipinski definition) is 2. The Hall–Kier alpha value is -2.51. The topological polar surface area (TPSA) is 54.2 Å². The number of nitrogens with one attached hydrogen (secondary N) is 2. The van der Waals surface area contributed by atoms with E-state index in [0.29, 0.717) is 19.0 Å². The molecule has 0 spiro atoms. The maximum atomic E-state index is 13.1. The number of halogens is 3. The van der Waals surface area contributed by atoms with Crippen molar-refractivity contribution in [3.8, 4) is 0 Å². The van der Waals surface area contributed by atoms with Crippen LogP contribution in [0.25, 0.3) is 0 Å². The van der Waals surface area contributed by atoms with Crippen LogP contribution < -0.4 is 10.6 Å². The van der Waals surface area contributed by atoms with Crippen molar-refractivity contribution in [2.24, 2.45) is 12.0 Å². The van der Waals surface area contributed by atoms with E-state index in [0.717, 1.165) is 42.9 Å². The molecule has 1 fully saturated rings. The predicted octanol–water partition coefficient (Wildman–Crippen LogP) is 3.27. The highest BCUT2D eigenvalue weighted by atomic mass is 19.4. The summed E-state index contributed by atoms with van der Waals surface area (Å²) in [6, 6.07) is 5.72. The normalized spacial score (nSPS) is 16.5. The molecule has 1 aromatic carbocycles. The highest BCUT2D eigenvalue weighted by Gasteiger charge is 2.40. The lowest BCUT2D eigenvalue weighted by molar-refractivity contribution is -0.137. The first-order valence-electron chi connectivity index (χ1n) is 9.42. The Morgan fingerprint density at radius 1 is 1.29 bits per heavy atom. The Labute approximate surface area is 163 Å². The first kappa shape index (κ1) is 20.2. The molecular formula is C20H26F3N5. The van der Waals surface area contributed by atoms with Gasteiger partial charge in [0.2, 0.25) is 0 Å². The first-order chi connectivity index (χ1) is 13.3. The van der Waals surface area contributed by atoms with Crippen molar-refractivity contribution in [1.29, 1.82) is 0 Å². The quantitative estimate of drug-likeness (QED) is 0.585. The summed E-state index contributed by atoms with van der Waals surface area (Å²) < 4.78 is 41.0. The Bertz CT molecular complexity index is 821. The standard InChI is InChI=1S/C20H26F3N5/c1-24-18(25-10-7-15-12-27-28(2)13-15)26-14-19(8-4-9-19)16-5-3-6-17(11-16)20(21,22)23/h3,5-6,11-13H,4,7-10,14H2,1-2H3,(H2,24,25,26). The second kappa shape index (κ2) is 8.24. The zero-order chi connectivity index (χ0) is 20.2. The second-order valence-electron chi connectivity index (χ2n) is 7.34. The minimum atomic E-state index is -4.32. The maximum Gasteiger partial charge on any atom is 0.416 e. The largest absolute Gasteiger partial charge is 0.416 e. The fraction of sp³-hybridized carbons (Fsp3) is 0.500. The maximum absolute atomic E-state index is 13.1. The van der Waals surface area contributed by atoms with Gasteiger partial charge < -0.3 is 10.6 Å². The summed E-state index contributed by atoms with van der Waals surface area (Å²) >= 11 is 0. The number of aromatic nitrogens is 2. The average Bonchev–Trinajstić information content (AvgIpc) is 3.04. The molecule has 1 aliphatic carbocycles. The van der Waals surface area contributed by atoms with Gasteiger partial charge in [-0.2, -0.15) is 18.3 Å². The molecule has 0 bridgehead atoms. The van der Waals surface area contributed by atoms with Crippen molar-refractivity contribution >= 4 is 5.96 Å². The molecule has 0 saturated heterocycles. The molecule has 1 heterocycles. The van der Waals surface area contributed by atoms with Crippen molar-refractivity contribution in [1.82, 2.24) is 20.4 Å². The third-order valence-corrected chi connectivity index (χ3v) is 5.40. The zero-order valence-electron chi connectivity index (χ0n) is 16.2. The van der Waals surface area contributed by atoms with Crippen LogP contribution in [0.15, 0.2) is 41.7 Å². The minimum absolute atomic E-state index is 0.276. The molecular weight excluding hydrogens is 367 g/mol. The lowest BCUT2D eigenvalue weighted by atomic mass is 9.64. The molecule has 2 aromatic rings. The summed E-state index contributed by atoms with van der Waals surface area (Å²) in [6.45, 7) is 1.25.